The van der Waals surface area contributed by atoms with Crippen LogP contribution in [0.2, 0.25) is 0 Å². The third kappa shape index (κ3) is 46.2. The van der Waals surface area contributed by atoms with Crippen LogP contribution in [0.25, 0.3) is 0 Å². The molecular formula is C48H96NO7P. The van der Waals surface area contributed by atoms with Crippen molar-refractivity contribution in [1.29, 1.82) is 0 Å². The molecule has 57 heavy (non-hydrogen) atoms. The van der Waals surface area contributed by atoms with Gasteiger partial charge in [-0.15, -0.1) is 0 Å². The molecule has 0 rings (SSSR count). The van der Waals surface area contributed by atoms with Gasteiger partial charge in [-0.1, -0.05) is 199 Å². The Morgan fingerprint density at radius 2 is 0.912 bits per heavy atom. The number of phosphoric acid groups is 1. The van der Waals surface area contributed by atoms with E-state index in [9.17, 15) is 14.3 Å². The number of hydrogen-bond donors (Lipinski definition) is 0. The van der Waals surface area contributed by atoms with Gasteiger partial charge in [0, 0.05) is 13.0 Å². The molecule has 0 aliphatic carbocycles. The summed E-state index contributed by atoms with van der Waals surface area (Å²) < 4.78 is 34.7. The Bertz CT molecular complexity index is 925. The minimum Gasteiger partial charge on any atom is -0.756 e. The fraction of sp³-hybridized carbons (Fsp3) is 0.938. The second kappa shape index (κ2) is 42.0. The van der Waals surface area contributed by atoms with Crippen molar-refractivity contribution in [3.05, 3.63) is 12.2 Å². The zero-order chi connectivity index (χ0) is 42.0. The number of likely N-dealkylation sites (N-methyl/N-ethyl adjacent to an activating group) is 1. The zero-order valence-electron chi connectivity index (χ0n) is 38.6. The van der Waals surface area contributed by atoms with Gasteiger partial charge < -0.3 is 27.9 Å². The van der Waals surface area contributed by atoms with Gasteiger partial charge in [0.25, 0.3) is 7.82 Å². The highest BCUT2D eigenvalue weighted by atomic mass is 31.2. The van der Waals surface area contributed by atoms with Crippen LogP contribution in [0.4, 0.5) is 0 Å². The molecule has 2 atom stereocenters. The first kappa shape index (κ1) is 56.2. The first-order chi connectivity index (χ1) is 27.6. The molecule has 340 valence electrons. The van der Waals surface area contributed by atoms with E-state index in [2.05, 4.69) is 26.0 Å². The van der Waals surface area contributed by atoms with E-state index in [1.807, 2.05) is 21.1 Å². The standard InChI is InChI=1S/C48H96NO7P/c1-6-8-10-12-14-16-18-20-22-24-25-27-29-31-33-35-37-39-41-48(50)56-47(46-55-57(51,52)54-44-42-49(3,4)5)45-53-43-40-38-36-34-32-30-28-26-23-21-19-17-15-13-11-9-7-2/h22,24,47H,6-21,23,25-46H2,1-5H3/b24-22-. The third-order valence-electron chi connectivity index (χ3n) is 10.8. The van der Waals surface area contributed by atoms with Gasteiger partial charge in [-0.25, -0.2) is 0 Å². The maximum absolute atomic E-state index is 12.7. The van der Waals surface area contributed by atoms with Crippen LogP contribution in [0, 0.1) is 0 Å². The van der Waals surface area contributed by atoms with E-state index in [0.717, 1.165) is 32.1 Å². The molecule has 0 fully saturated rings. The zero-order valence-corrected chi connectivity index (χ0v) is 39.5. The van der Waals surface area contributed by atoms with Gasteiger partial charge in [-0.3, -0.25) is 9.36 Å². The van der Waals surface area contributed by atoms with Crippen molar-refractivity contribution in [2.45, 2.75) is 238 Å². The maximum Gasteiger partial charge on any atom is 0.306 e. The van der Waals surface area contributed by atoms with E-state index in [-0.39, 0.29) is 25.8 Å². The quantitative estimate of drug-likeness (QED) is 0.0198. The average molecular weight is 830 g/mol. The summed E-state index contributed by atoms with van der Waals surface area (Å²) in [4.78, 5) is 25.1. The first-order valence-electron chi connectivity index (χ1n) is 24.4. The summed E-state index contributed by atoms with van der Waals surface area (Å²) in [6.45, 7) is 5.46. The van der Waals surface area contributed by atoms with Crippen molar-refractivity contribution in [2.24, 2.45) is 0 Å². The molecule has 0 aliphatic rings. The summed E-state index contributed by atoms with van der Waals surface area (Å²) in [7, 11) is 1.37. The van der Waals surface area contributed by atoms with Gasteiger partial charge >= 0.3 is 5.97 Å². The molecule has 0 aliphatic heterocycles. The molecule has 0 amide bonds. The molecule has 0 aromatic rings. The highest BCUT2D eigenvalue weighted by Gasteiger charge is 2.20. The van der Waals surface area contributed by atoms with Crippen molar-refractivity contribution in [3.8, 4) is 0 Å². The molecular weight excluding hydrogens is 734 g/mol. The fourth-order valence-electron chi connectivity index (χ4n) is 7.01. The largest absolute Gasteiger partial charge is 0.756 e. The van der Waals surface area contributed by atoms with Gasteiger partial charge in [0.15, 0.2) is 0 Å². The second-order valence-electron chi connectivity index (χ2n) is 17.8. The number of carbonyl (C=O) groups excluding carboxylic acids is 1. The van der Waals surface area contributed by atoms with Crippen molar-refractivity contribution in [1.82, 2.24) is 0 Å². The van der Waals surface area contributed by atoms with Crippen LogP contribution in [0.15, 0.2) is 12.2 Å². The molecule has 0 N–H and O–H groups in total. The van der Waals surface area contributed by atoms with Crippen LogP contribution in [0.3, 0.4) is 0 Å². The molecule has 8 nitrogen and oxygen atoms in total. The van der Waals surface area contributed by atoms with Crippen molar-refractivity contribution in [2.75, 3.05) is 54.1 Å². The van der Waals surface area contributed by atoms with Gasteiger partial charge in [0.2, 0.25) is 0 Å². The van der Waals surface area contributed by atoms with Gasteiger partial charge in [-0.2, -0.15) is 0 Å². The number of quaternary nitrogens is 1. The summed E-state index contributed by atoms with van der Waals surface area (Å²) >= 11 is 0. The monoisotopic (exact) mass is 830 g/mol. The van der Waals surface area contributed by atoms with E-state index < -0.39 is 13.9 Å². The van der Waals surface area contributed by atoms with Crippen LogP contribution in [0.1, 0.15) is 232 Å². The SMILES string of the molecule is CCCCCCCCC/C=C\CCCCCCCCCC(=O)OC(COCCCCCCCCCCCCCCCCCCC)COP(=O)([O-])OCC[N+](C)(C)C. The van der Waals surface area contributed by atoms with Gasteiger partial charge in [0.1, 0.15) is 19.3 Å². The van der Waals surface area contributed by atoms with E-state index in [0.29, 0.717) is 24.1 Å². The van der Waals surface area contributed by atoms with Crippen LogP contribution in [-0.4, -0.2) is 70.7 Å². The highest BCUT2D eigenvalue weighted by molar-refractivity contribution is 7.45. The Balaban J connectivity index is 4.15. The Hall–Kier alpha value is -0.760. The lowest BCUT2D eigenvalue weighted by Gasteiger charge is -2.28. The van der Waals surface area contributed by atoms with Crippen molar-refractivity contribution >= 4 is 13.8 Å². The van der Waals surface area contributed by atoms with E-state index in [4.69, 9.17) is 18.5 Å². The predicted octanol–water partition coefficient (Wildman–Crippen LogP) is 14.0. The Labute approximate surface area is 354 Å². The van der Waals surface area contributed by atoms with E-state index in [1.54, 1.807) is 0 Å². The number of allylic oxidation sites excluding steroid dienone is 2. The summed E-state index contributed by atoms with van der Waals surface area (Å²) in [5.41, 5.74) is 0. The number of carbonyl (C=O) groups is 1. The molecule has 2 unspecified atom stereocenters. The minimum atomic E-state index is -4.52. The third-order valence-corrected chi connectivity index (χ3v) is 11.8. The van der Waals surface area contributed by atoms with Gasteiger partial charge in [-0.05, 0) is 38.5 Å². The lowest BCUT2D eigenvalue weighted by molar-refractivity contribution is -0.870. The average Bonchev–Trinajstić information content (AvgIpc) is 3.16. The van der Waals surface area contributed by atoms with E-state index in [1.165, 1.54) is 180 Å². The Kier molecular flexibility index (Phi) is 41.4. The number of unbranched alkanes of at least 4 members (excludes halogenated alkanes) is 30. The molecule has 0 aromatic carbocycles. The topological polar surface area (TPSA) is 94.1 Å². The van der Waals surface area contributed by atoms with Crippen LogP contribution >= 0.6 is 7.82 Å². The summed E-state index contributed by atoms with van der Waals surface area (Å²) in [5.74, 6) is -0.333. The van der Waals surface area contributed by atoms with Gasteiger partial charge in [0.05, 0.1) is 34.4 Å². The van der Waals surface area contributed by atoms with Crippen LogP contribution < -0.4 is 4.89 Å². The first-order valence-corrected chi connectivity index (χ1v) is 25.9. The molecule has 0 bridgehead atoms. The molecule has 0 saturated heterocycles. The maximum atomic E-state index is 12.7. The van der Waals surface area contributed by atoms with Crippen LogP contribution in [-0.2, 0) is 27.9 Å². The Morgan fingerprint density at radius 3 is 1.33 bits per heavy atom. The van der Waals surface area contributed by atoms with Crippen molar-refractivity contribution < 1.29 is 37.3 Å². The number of nitrogens with zero attached hydrogens (tertiary/aromatic N) is 1. The summed E-state index contributed by atoms with van der Waals surface area (Å²) in [5, 5.41) is 0. The molecule has 0 radical (unpaired) electrons. The molecule has 0 aromatic heterocycles. The van der Waals surface area contributed by atoms with E-state index >= 15 is 0 Å². The van der Waals surface area contributed by atoms with Crippen LogP contribution in [0.5, 0.6) is 0 Å². The van der Waals surface area contributed by atoms with Crippen molar-refractivity contribution in [3.63, 3.8) is 0 Å². The minimum absolute atomic E-state index is 0.0287. The lowest BCUT2D eigenvalue weighted by Crippen LogP contribution is -2.37. The molecule has 0 saturated carbocycles. The number of phosphoric ester groups is 1. The number of hydrogen-bond acceptors (Lipinski definition) is 7. The number of ether oxygens (including phenoxy) is 2. The number of rotatable bonds is 46. The normalized spacial score (nSPS) is 13.7. The lowest BCUT2D eigenvalue weighted by atomic mass is 10.0. The number of esters is 1. The Morgan fingerprint density at radius 1 is 0.526 bits per heavy atom. The smallest absolute Gasteiger partial charge is 0.306 e. The molecule has 9 heteroatoms. The molecule has 0 spiro atoms. The summed E-state index contributed by atoms with van der Waals surface area (Å²) in [6, 6.07) is 0. The second-order valence-corrected chi connectivity index (χ2v) is 19.2. The highest BCUT2D eigenvalue weighted by Crippen LogP contribution is 2.38. The fourth-order valence-corrected chi connectivity index (χ4v) is 7.74. The molecule has 0 heterocycles. The predicted molar refractivity (Wildman–Crippen MR) is 241 cm³/mol. The summed E-state index contributed by atoms with van der Waals surface area (Å²) in [6.07, 6.45) is 46.5.